The fraction of sp³-hybridized carbons (Fsp3) is 0.120. The number of carbonyl (C=O) groups is 1. The van der Waals surface area contributed by atoms with Gasteiger partial charge in [0.25, 0.3) is 0 Å². The lowest BCUT2D eigenvalue weighted by atomic mass is 10.0. The average Bonchev–Trinajstić information content (AvgIpc) is 2.78. The largest absolute Gasteiger partial charge is 0.490 e. The van der Waals surface area contributed by atoms with Crippen LogP contribution in [0.3, 0.4) is 0 Å². The highest BCUT2D eigenvalue weighted by atomic mass is 79.9. The van der Waals surface area contributed by atoms with Crippen LogP contribution in [-0.2, 0) is 6.61 Å². The third-order valence-electron chi connectivity index (χ3n) is 4.54. The number of nitrogens with zero attached hydrogens (tertiary/aromatic N) is 1. The van der Waals surface area contributed by atoms with Gasteiger partial charge in [-0.1, -0.05) is 41.9 Å². The van der Waals surface area contributed by atoms with Crippen LogP contribution in [0.4, 0.5) is 0 Å². The minimum atomic E-state index is -1.02. The van der Waals surface area contributed by atoms with Crippen molar-refractivity contribution in [3.05, 3.63) is 92.4 Å². The summed E-state index contributed by atoms with van der Waals surface area (Å²) in [7, 11) is 0. The van der Waals surface area contributed by atoms with E-state index in [1.165, 1.54) is 12.1 Å². The van der Waals surface area contributed by atoms with Crippen molar-refractivity contribution in [2.75, 3.05) is 6.61 Å². The molecule has 5 nitrogen and oxygen atoms in total. The molecule has 32 heavy (non-hydrogen) atoms. The van der Waals surface area contributed by atoms with Crippen LogP contribution in [0.2, 0.25) is 5.02 Å². The number of ether oxygens (including phenoxy) is 2. The van der Waals surface area contributed by atoms with Crippen LogP contribution >= 0.6 is 27.5 Å². The van der Waals surface area contributed by atoms with Crippen LogP contribution < -0.4 is 9.47 Å². The van der Waals surface area contributed by atoms with Crippen molar-refractivity contribution < 1.29 is 19.4 Å². The summed E-state index contributed by atoms with van der Waals surface area (Å²) in [6.07, 6.45) is 1.71. The first-order valence-electron chi connectivity index (χ1n) is 9.71. The minimum Gasteiger partial charge on any atom is -0.490 e. The molecule has 0 fully saturated rings. The van der Waals surface area contributed by atoms with Crippen molar-refractivity contribution >= 4 is 45.1 Å². The molecule has 0 saturated carbocycles. The molecule has 0 atom stereocenters. The van der Waals surface area contributed by atoms with Gasteiger partial charge in [-0.3, -0.25) is 0 Å². The number of halogens is 2. The summed E-state index contributed by atoms with van der Waals surface area (Å²) in [4.78, 5) is 11.1. The van der Waals surface area contributed by atoms with Gasteiger partial charge < -0.3 is 14.6 Å². The Hall–Kier alpha value is -3.27. The Morgan fingerprint density at radius 1 is 1.12 bits per heavy atom. The van der Waals surface area contributed by atoms with Crippen molar-refractivity contribution in [3.63, 3.8) is 0 Å². The molecule has 1 N–H and O–H groups in total. The molecular formula is C25H19BrClNO4. The Kier molecular flexibility index (Phi) is 7.93. The molecule has 0 aliphatic carbocycles. The van der Waals surface area contributed by atoms with Crippen LogP contribution in [0, 0.1) is 11.3 Å². The van der Waals surface area contributed by atoms with Crippen molar-refractivity contribution in [3.8, 4) is 17.6 Å². The third kappa shape index (κ3) is 5.70. The van der Waals surface area contributed by atoms with Crippen LogP contribution in [0.1, 0.15) is 34.0 Å². The highest BCUT2D eigenvalue weighted by molar-refractivity contribution is 9.10. The smallest absolute Gasteiger partial charge is 0.335 e. The van der Waals surface area contributed by atoms with Crippen molar-refractivity contribution in [1.82, 2.24) is 0 Å². The van der Waals surface area contributed by atoms with Gasteiger partial charge in [0.1, 0.15) is 6.61 Å². The summed E-state index contributed by atoms with van der Waals surface area (Å²) >= 11 is 9.76. The van der Waals surface area contributed by atoms with Gasteiger partial charge in [0.05, 0.1) is 28.3 Å². The van der Waals surface area contributed by atoms with E-state index in [1.807, 2.05) is 31.2 Å². The van der Waals surface area contributed by atoms with Crippen LogP contribution in [-0.4, -0.2) is 17.7 Å². The van der Waals surface area contributed by atoms with E-state index in [4.69, 9.17) is 26.2 Å². The summed E-state index contributed by atoms with van der Waals surface area (Å²) in [6.45, 7) is 2.58. The van der Waals surface area contributed by atoms with E-state index in [-0.39, 0.29) is 12.2 Å². The molecule has 3 aromatic carbocycles. The zero-order valence-electron chi connectivity index (χ0n) is 17.1. The molecule has 0 aromatic heterocycles. The molecule has 0 spiro atoms. The lowest BCUT2D eigenvalue weighted by Gasteiger charge is -2.15. The van der Waals surface area contributed by atoms with E-state index in [9.17, 15) is 10.1 Å². The second-order valence-electron chi connectivity index (χ2n) is 6.70. The highest BCUT2D eigenvalue weighted by Gasteiger charge is 2.14. The summed E-state index contributed by atoms with van der Waals surface area (Å²) in [6, 6.07) is 19.4. The quantitative estimate of drug-likeness (QED) is 0.264. The number of nitriles is 1. The van der Waals surface area contributed by atoms with E-state index in [2.05, 4.69) is 22.0 Å². The Balaban J connectivity index is 1.92. The molecule has 0 aliphatic heterocycles. The maximum absolute atomic E-state index is 11.1. The molecular weight excluding hydrogens is 494 g/mol. The molecule has 0 amide bonds. The first-order chi connectivity index (χ1) is 15.4. The third-order valence-corrected chi connectivity index (χ3v) is 5.49. The average molecular weight is 513 g/mol. The van der Waals surface area contributed by atoms with Gasteiger partial charge in [-0.15, -0.1) is 0 Å². The van der Waals surface area contributed by atoms with Gasteiger partial charge in [0.15, 0.2) is 11.5 Å². The summed E-state index contributed by atoms with van der Waals surface area (Å²) in [5.74, 6) is 0.0450. The molecule has 7 heteroatoms. The monoisotopic (exact) mass is 511 g/mol. The van der Waals surface area contributed by atoms with Crippen LogP contribution in [0.25, 0.3) is 11.6 Å². The number of aromatic carboxylic acids is 1. The molecule has 162 valence electrons. The number of rotatable bonds is 8. The predicted octanol–water partition coefficient (Wildman–Crippen LogP) is 6.84. The Morgan fingerprint density at radius 3 is 2.44 bits per heavy atom. The Labute approximate surface area is 199 Å². The molecule has 0 heterocycles. The number of carboxylic acids is 1. The summed E-state index contributed by atoms with van der Waals surface area (Å²) in [5, 5.41) is 19.3. The topological polar surface area (TPSA) is 79.5 Å². The number of benzene rings is 3. The first-order valence-corrected chi connectivity index (χ1v) is 10.9. The van der Waals surface area contributed by atoms with E-state index in [1.54, 1.807) is 30.3 Å². The van der Waals surface area contributed by atoms with Gasteiger partial charge in [0.2, 0.25) is 0 Å². The Morgan fingerprint density at radius 2 is 1.81 bits per heavy atom. The van der Waals surface area contributed by atoms with Crippen molar-refractivity contribution in [2.45, 2.75) is 13.5 Å². The SMILES string of the molecule is CCOc1cc(/C=C(/C#N)c2ccc(C(=O)O)cc2)cc(Br)c1OCc1ccccc1Cl. The molecule has 3 rings (SSSR count). The number of carboxylic acid groups (broad SMARTS) is 1. The van der Waals surface area contributed by atoms with Gasteiger partial charge in [-0.05, 0) is 70.4 Å². The van der Waals surface area contributed by atoms with E-state index in [0.29, 0.717) is 38.7 Å². The lowest BCUT2D eigenvalue weighted by molar-refractivity contribution is 0.0697. The van der Waals surface area contributed by atoms with E-state index < -0.39 is 5.97 Å². The predicted molar refractivity (Wildman–Crippen MR) is 128 cm³/mol. The van der Waals surface area contributed by atoms with Gasteiger partial charge in [-0.2, -0.15) is 5.26 Å². The maximum atomic E-state index is 11.1. The zero-order valence-corrected chi connectivity index (χ0v) is 19.5. The van der Waals surface area contributed by atoms with E-state index >= 15 is 0 Å². The second kappa shape index (κ2) is 10.9. The summed E-state index contributed by atoms with van der Waals surface area (Å²) in [5.41, 5.74) is 2.74. The number of hydrogen-bond acceptors (Lipinski definition) is 4. The first kappa shape index (κ1) is 23.4. The number of allylic oxidation sites excluding steroid dienone is 1. The van der Waals surface area contributed by atoms with Crippen LogP contribution in [0.15, 0.2) is 65.1 Å². The second-order valence-corrected chi connectivity index (χ2v) is 7.96. The highest BCUT2D eigenvalue weighted by Crippen LogP contribution is 2.38. The maximum Gasteiger partial charge on any atom is 0.335 e. The number of hydrogen-bond donors (Lipinski definition) is 1. The lowest BCUT2D eigenvalue weighted by Crippen LogP contribution is -2.01. The fourth-order valence-corrected chi connectivity index (χ4v) is 3.74. The molecule has 3 aromatic rings. The van der Waals surface area contributed by atoms with Gasteiger partial charge in [0, 0.05) is 10.6 Å². The molecule has 0 aliphatic rings. The van der Waals surface area contributed by atoms with Gasteiger partial charge >= 0.3 is 5.97 Å². The van der Waals surface area contributed by atoms with Crippen LogP contribution in [0.5, 0.6) is 11.5 Å². The zero-order chi connectivity index (χ0) is 23.1. The fourth-order valence-electron chi connectivity index (χ4n) is 2.98. The molecule has 0 bridgehead atoms. The Bertz CT molecular complexity index is 1200. The van der Waals surface area contributed by atoms with E-state index in [0.717, 1.165) is 11.1 Å². The molecule has 0 radical (unpaired) electrons. The van der Waals surface area contributed by atoms with Gasteiger partial charge in [-0.25, -0.2) is 4.79 Å². The summed E-state index contributed by atoms with van der Waals surface area (Å²) < 4.78 is 12.4. The standard InChI is InChI=1S/C25H19BrClNO4/c1-2-31-23-13-16(11-20(14-28)17-7-9-18(10-8-17)25(29)30)12-21(26)24(23)32-15-19-5-3-4-6-22(19)27/h3-13H,2,15H2,1H3,(H,29,30)/b20-11-. The van der Waals surface area contributed by atoms with Crippen molar-refractivity contribution in [1.29, 1.82) is 5.26 Å². The minimum absolute atomic E-state index is 0.160. The molecule has 0 saturated heterocycles. The van der Waals surface area contributed by atoms with Crippen molar-refractivity contribution in [2.24, 2.45) is 0 Å². The normalized spacial score (nSPS) is 11.0. The molecule has 0 unspecified atom stereocenters.